The minimum Gasteiger partial charge on any atom is -0.330 e. The molecule has 3 N–H and O–H groups in total. The first kappa shape index (κ1) is 11.7. The minimum atomic E-state index is 0.239. The van der Waals surface area contributed by atoms with E-state index >= 15 is 0 Å². The molecule has 0 aliphatic rings. The van der Waals surface area contributed by atoms with E-state index in [1.165, 1.54) is 4.88 Å². The largest absolute Gasteiger partial charge is 0.330 e. The molecule has 1 rings (SSSR count). The lowest BCUT2D eigenvalue weighted by molar-refractivity contribution is 0.475. The van der Waals surface area contributed by atoms with E-state index in [0.29, 0.717) is 0 Å². The molecule has 0 atom stereocenters. The van der Waals surface area contributed by atoms with E-state index in [1.54, 1.807) is 0 Å². The number of hydrogen-bond donors (Lipinski definition) is 2. The molecular formula is C11H20N2S. The van der Waals surface area contributed by atoms with Crippen molar-refractivity contribution in [3.63, 3.8) is 0 Å². The Morgan fingerprint density at radius 3 is 2.86 bits per heavy atom. The van der Waals surface area contributed by atoms with Crippen LogP contribution in [0.5, 0.6) is 0 Å². The van der Waals surface area contributed by atoms with Gasteiger partial charge in [-0.1, -0.05) is 19.9 Å². The highest BCUT2D eigenvalue weighted by atomic mass is 32.1. The lowest BCUT2D eigenvalue weighted by Crippen LogP contribution is -2.33. The lowest BCUT2D eigenvalue weighted by Gasteiger charge is -2.23. The molecule has 80 valence electrons. The van der Waals surface area contributed by atoms with Crippen LogP contribution in [0.25, 0.3) is 0 Å². The Labute approximate surface area is 90.5 Å². The molecule has 2 nitrogen and oxygen atoms in total. The third-order valence-electron chi connectivity index (χ3n) is 2.31. The van der Waals surface area contributed by atoms with Crippen molar-refractivity contribution < 1.29 is 0 Å². The summed E-state index contributed by atoms with van der Waals surface area (Å²) in [6, 6.07) is 4.32. The second kappa shape index (κ2) is 5.49. The Hall–Kier alpha value is -0.380. The van der Waals surface area contributed by atoms with Crippen LogP contribution >= 0.6 is 11.3 Å². The number of nitrogens with one attached hydrogen (secondary N) is 1. The van der Waals surface area contributed by atoms with Crippen LogP contribution in [0.4, 0.5) is 0 Å². The third-order valence-corrected chi connectivity index (χ3v) is 3.55. The van der Waals surface area contributed by atoms with Crippen LogP contribution < -0.4 is 11.1 Å². The standard InChI is InChI=1S/C11H20N2S/c1-11(2,9-13-7-4-6-12)10-5-3-8-14-10/h3,5,8,13H,4,6-7,9,12H2,1-2H3. The van der Waals surface area contributed by atoms with Gasteiger partial charge in [-0.05, 0) is 31.0 Å². The maximum atomic E-state index is 5.43. The zero-order valence-corrected chi connectivity index (χ0v) is 9.86. The van der Waals surface area contributed by atoms with Crippen LogP contribution in [-0.4, -0.2) is 19.6 Å². The Bertz CT molecular complexity index is 242. The van der Waals surface area contributed by atoms with E-state index in [9.17, 15) is 0 Å². The Balaban J connectivity index is 2.35. The molecule has 0 unspecified atom stereocenters. The van der Waals surface area contributed by atoms with E-state index in [2.05, 4.69) is 36.7 Å². The summed E-state index contributed by atoms with van der Waals surface area (Å²) in [4.78, 5) is 1.44. The average Bonchev–Trinajstić information content (AvgIpc) is 2.65. The fraction of sp³-hybridized carbons (Fsp3) is 0.636. The Kier molecular flexibility index (Phi) is 4.58. The van der Waals surface area contributed by atoms with Gasteiger partial charge in [0.1, 0.15) is 0 Å². The molecule has 0 amide bonds. The molecule has 0 saturated heterocycles. The molecule has 1 aromatic rings. The van der Waals surface area contributed by atoms with Gasteiger partial charge in [0.05, 0.1) is 0 Å². The molecule has 1 heterocycles. The first-order chi connectivity index (χ1) is 6.67. The van der Waals surface area contributed by atoms with E-state index in [-0.39, 0.29) is 5.41 Å². The topological polar surface area (TPSA) is 38.0 Å². The van der Waals surface area contributed by atoms with Crippen LogP contribution in [0.3, 0.4) is 0 Å². The van der Waals surface area contributed by atoms with Crippen molar-refractivity contribution in [1.29, 1.82) is 0 Å². The summed E-state index contributed by atoms with van der Waals surface area (Å²) in [7, 11) is 0. The van der Waals surface area contributed by atoms with Gasteiger partial charge in [0.15, 0.2) is 0 Å². The number of thiophene rings is 1. The van der Waals surface area contributed by atoms with Crippen LogP contribution in [0.2, 0.25) is 0 Å². The normalized spacial score (nSPS) is 11.9. The molecular weight excluding hydrogens is 192 g/mol. The van der Waals surface area contributed by atoms with Crippen molar-refractivity contribution in [2.24, 2.45) is 5.73 Å². The highest BCUT2D eigenvalue weighted by Gasteiger charge is 2.20. The second-order valence-corrected chi connectivity index (χ2v) is 5.13. The summed E-state index contributed by atoms with van der Waals surface area (Å²) < 4.78 is 0. The predicted octanol–water partition coefficient (Wildman–Crippen LogP) is 1.96. The molecule has 0 radical (unpaired) electrons. The molecule has 0 saturated carbocycles. The van der Waals surface area contributed by atoms with Crippen LogP contribution in [0, 0.1) is 0 Å². The van der Waals surface area contributed by atoms with Gasteiger partial charge in [0, 0.05) is 16.8 Å². The summed E-state index contributed by atoms with van der Waals surface area (Å²) in [5.41, 5.74) is 5.67. The molecule has 0 bridgehead atoms. The summed E-state index contributed by atoms with van der Waals surface area (Å²) >= 11 is 1.83. The first-order valence-electron chi connectivity index (χ1n) is 5.11. The van der Waals surface area contributed by atoms with Gasteiger partial charge >= 0.3 is 0 Å². The maximum absolute atomic E-state index is 5.43. The molecule has 0 aliphatic carbocycles. The monoisotopic (exact) mass is 212 g/mol. The molecule has 0 spiro atoms. The van der Waals surface area contributed by atoms with E-state index in [0.717, 1.165) is 26.1 Å². The van der Waals surface area contributed by atoms with Gasteiger partial charge in [0.2, 0.25) is 0 Å². The van der Waals surface area contributed by atoms with E-state index in [4.69, 9.17) is 5.73 Å². The number of rotatable bonds is 6. The summed E-state index contributed by atoms with van der Waals surface area (Å²) in [5, 5.41) is 5.58. The molecule has 0 fully saturated rings. The van der Waals surface area contributed by atoms with Crippen LogP contribution in [0.15, 0.2) is 17.5 Å². The fourth-order valence-electron chi connectivity index (χ4n) is 1.38. The van der Waals surface area contributed by atoms with E-state index < -0.39 is 0 Å². The predicted molar refractivity (Wildman–Crippen MR) is 63.9 cm³/mol. The third kappa shape index (κ3) is 3.40. The molecule has 0 aromatic carbocycles. The smallest absolute Gasteiger partial charge is 0.0115 e. The Morgan fingerprint density at radius 1 is 1.50 bits per heavy atom. The highest BCUT2D eigenvalue weighted by Crippen LogP contribution is 2.26. The van der Waals surface area contributed by atoms with Gasteiger partial charge in [-0.3, -0.25) is 0 Å². The van der Waals surface area contributed by atoms with E-state index in [1.807, 2.05) is 11.3 Å². The van der Waals surface area contributed by atoms with Gasteiger partial charge in [-0.25, -0.2) is 0 Å². The lowest BCUT2D eigenvalue weighted by atomic mass is 9.91. The first-order valence-corrected chi connectivity index (χ1v) is 5.99. The van der Waals surface area contributed by atoms with Crippen LogP contribution in [0.1, 0.15) is 25.1 Å². The molecule has 1 aromatic heterocycles. The van der Waals surface area contributed by atoms with Gasteiger partial charge < -0.3 is 11.1 Å². The average molecular weight is 212 g/mol. The van der Waals surface area contributed by atoms with Crippen molar-refractivity contribution in [2.75, 3.05) is 19.6 Å². The zero-order chi connectivity index (χ0) is 10.4. The highest BCUT2D eigenvalue weighted by molar-refractivity contribution is 7.10. The minimum absolute atomic E-state index is 0.239. The number of nitrogens with two attached hydrogens (primary N) is 1. The fourth-order valence-corrected chi connectivity index (χ4v) is 2.23. The van der Waals surface area contributed by atoms with Gasteiger partial charge in [-0.2, -0.15) is 0 Å². The molecule has 14 heavy (non-hydrogen) atoms. The number of hydrogen-bond acceptors (Lipinski definition) is 3. The molecule has 0 aliphatic heterocycles. The summed E-state index contributed by atoms with van der Waals surface area (Å²) in [5.74, 6) is 0. The quantitative estimate of drug-likeness (QED) is 0.708. The van der Waals surface area contributed by atoms with Crippen molar-refractivity contribution in [2.45, 2.75) is 25.7 Å². The zero-order valence-electron chi connectivity index (χ0n) is 9.05. The van der Waals surface area contributed by atoms with Crippen molar-refractivity contribution in [3.05, 3.63) is 22.4 Å². The molecule has 3 heteroatoms. The van der Waals surface area contributed by atoms with Crippen molar-refractivity contribution in [3.8, 4) is 0 Å². The van der Waals surface area contributed by atoms with Crippen molar-refractivity contribution in [1.82, 2.24) is 5.32 Å². The van der Waals surface area contributed by atoms with Gasteiger partial charge in [-0.15, -0.1) is 11.3 Å². The van der Waals surface area contributed by atoms with Crippen LogP contribution in [-0.2, 0) is 5.41 Å². The summed E-state index contributed by atoms with van der Waals surface area (Å²) in [6.07, 6.45) is 1.06. The summed E-state index contributed by atoms with van der Waals surface area (Å²) in [6.45, 7) is 7.35. The maximum Gasteiger partial charge on any atom is 0.0115 e. The van der Waals surface area contributed by atoms with Gasteiger partial charge in [0.25, 0.3) is 0 Å². The second-order valence-electron chi connectivity index (χ2n) is 4.18. The SMILES string of the molecule is CC(C)(CNCCCN)c1cccs1. The Morgan fingerprint density at radius 2 is 2.29 bits per heavy atom. The van der Waals surface area contributed by atoms with Crippen molar-refractivity contribution >= 4 is 11.3 Å².